The molecule has 1 atom stereocenters. The molecule has 0 amide bonds. The third kappa shape index (κ3) is 4.84. The van der Waals surface area contributed by atoms with Crippen LogP contribution in [-0.2, 0) is 16.4 Å². The summed E-state index contributed by atoms with van der Waals surface area (Å²) in [4.78, 5) is 4.67. The molecule has 0 aliphatic carbocycles. The number of benzene rings is 1. The minimum atomic E-state index is -3.37. The molecule has 1 aromatic heterocycles. The van der Waals surface area contributed by atoms with Crippen LogP contribution < -0.4 is 0 Å². The third-order valence-corrected chi connectivity index (χ3v) is 7.42. The van der Waals surface area contributed by atoms with Crippen LogP contribution >= 0.6 is 11.8 Å². The van der Waals surface area contributed by atoms with Crippen molar-refractivity contribution in [2.24, 2.45) is 0 Å². The Hall–Kier alpha value is -1.37. The Morgan fingerprint density at radius 3 is 2.48 bits per heavy atom. The number of hydrogen-bond acceptors (Lipinski definition) is 4. The number of hydrogen-bond donors (Lipinski definition) is 0. The van der Waals surface area contributed by atoms with E-state index in [0.29, 0.717) is 23.2 Å². The summed E-state index contributed by atoms with van der Waals surface area (Å²) in [5.74, 6) is 0. The van der Waals surface area contributed by atoms with Gasteiger partial charge in [0.1, 0.15) is 4.90 Å². The van der Waals surface area contributed by atoms with E-state index in [1.54, 1.807) is 22.1 Å². The van der Waals surface area contributed by atoms with Crippen LogP contribution in [-0.4, -0.2) is 36.0 Å². The first-order valence-electron chi connectivity index (χ1n) is 8.72. The predicted molar refractivity (Wildman–Crippen MR) is 102 cm³/mol. The molecule has 1 aliphatic rings. The van der Waals surface area contributed by atoms with Crippen molar-refractivity contribution in [1.82, 2.24) is 9.29 Å². The van der Waals surface area contributed by atoms with Crippen molar-refractivity contribution in [3.05, 3.63) is 54.2 Å². The maximum absolute atomic E-state index is 12.5. The molecule has 1 aromatic carbocycles. The van der Waals surface area contributed by atoms with E-state index in [0.717, 1.165) is 30.7 Å². The highest BCUT2D eigenvalue weighted by Crippen LogP contribution is 2.26. The van der Waals surface area contributed by atoms with Crippen LogP contribution in [0.2, 0.25) is 0 Å². The quantitative estimate of drug-likeness (QED) is 0.686. The lowest BCUT2D eigenvalue weighted by Crippen LogP contribution is -2.27. The van der Waals surface area contributed by atoms with Crippen LogP contribution in [0.3, 0.4) is 0 Å². The molecule has 25 heavy (non-hydrogen) atoms. The Kier molecular flexibility index (Phi) is 6.15. The fourth-order valence-corrected chi connectivity index (χ4v) is 5.32. The first kappa shape index (κ1) is 18.4. The van der Waals surface area contributed by atoms with Crippen LogP contribution in [0.15, 0.2) is 58.6 Å². The van der Waals surface area contributed by atoms with Gasteiger partial charge in [0.05, 0.1) is 5.03 Å². The summed E-state index contributed by atoms with van der Waals surface area (Å²) in [5, 5.41) is 1.30. The Bertz CT molecular complexity index is 771. The highest BCUT2D eigenvalue weighted by atomic mass is 32.2. The number of aromatic nitrogens is 1. The third-order valence-electron chi connectivity index (χ3n) is 4.42. The van der Waals surface area contributed by atoms with Gasteiger partial charge in [-0.25, -0.2) is 13.4 Å². The smallest absolute Gasteiger partial charge is 0.244 e. The van der Waals surface area contributed by atoms with E-state index in [-0.39, 0.29) is 0 Å². The fraction of sp³-hybridized carbons (Fsp3) is 0.421. The van der Waals surface area contributed by atoms with Crippen LogP contribution in [0.4, 0.5) is 0 Å². The van der Waals surface area contributed by atoms with Crippen LogP contribution in [0.5, 0.6) is 0 Å². The van der Waals surface area contributed by atoms with E-state index < -0.39 is 10.0 Å². The SMILES string of the molecule is CC(CCc1ccccc1)Sc1ccc(S(=O)(=O)N2CCCC2)cn1. The summed E-state index contributed by atoms with van der Waals surface area (Å²) in [5.41, 5.74) is 1.34. The van der Waals surface area contributed by atoms with Gasteiger partial charge in [-0.3, -0.25) is 0 Å². The highest BCUT2D eigenvalue weighted by molar-refractivity contribution is 7.99. The van der Waals surface area contributed by atoms with Crippen molar-refractivity contribution in [3.63, 3.8) is 0 Å². The van der Waals surface area contributed by atoms with Crippen molar-refractivity contribution >= 4 is 21.8 Å². The Labute approximate surface area is 154 Å². The van der Waals surface area contributed by atoms with E-state index >= 15 is 0 Å². The maximum atomic E-state index is 12.5. The summed E-state index contributed by atoms with van der Waals surface area (Å²) in [6, 6.07) is 14.0. The van der Waals surface area contributed by atoms with Gasteiger partial charge < -0.3 is 0 Å². The molecule has 6 heteroatoms. The molecule has 1 aliphatic heterocycles. The summed E-state index contributed by atoms with van der Waals surface area (Å²) < 4.78 is 26.6. The number of pyridine rings is 1. The standard InChI is InChI=1S/C19H24N2O2S2/c1-16(9-10-17-7-3-2-4-8-17)24-19-12-11-18(15-20-19)25(22,23)21-13-5-6-14-21/h2-4,7-8,11-12,15-16H,5-6,9-10,13-14H2,1H3. The van der Waals surface area contributed by atoms with E-state index in [4.69, 9.17) is 0 Å². The molecule has 134 valence electrons. The monoisotopic (exact) mass is 376 g/mol. The van der Waals surface area contributed by atoms with Crippen molar-refractivity contribution in [3.8, 4) is 0 Å². The zero-order valence-electron chi connectivity index (χ0n) is 14.5. The van der Waals surface area contributed by atoms with Crippen LogP contribution in [0.1, 0.15) is 31.7 Å². The maximum Gasteiger partial charge on any atom is 0.244 e. The normalized spacial score (nSPS) is 16.8. The number of nitrogens with zero attached hydrogens (tertiary/aromatic N) is 2. The minimum Gasteiger partial charge on any atom is -0.249 e. The first-order valence-corrected chi connectivity index (χ1v) is 11.0. The molecule has 1 saturated heterocycles. The first-order chi connectivity index (χ1) is 12.1. The zero-order chi connectivity index (χ0) is 17.7. The van der Waals surface area contributed by atoms with Crippen molar-refractivity contribution in [1.29, 1.82) is 0 Å². The second kappa shape index (κ2) is 8.34. The molecule has 3 rings (SSSR count). The Morgan fingerprint density at radius 2 is 1.84 bits per heavy atom. The van der Waals surface area contributed by atoms with Gasteiger partial charge in [0.25, 0.3) is 0 Å². The number of sulfonamides is 1. The lowest BCUT2D eigenvalue weighted by molar-refractivity contribution is 0.477. The topological polar surface area (TPSA) is 50.3 Å². The van der Waals surface area contributed by atoms with Gasteiger partial charge in [-0.2, -0.15) is 4.31 Å². The van der Waals surface area contributed by atoms with Gasteiger partial charge in [-0.1, -0.05) is 37.3 Å². The Balaban J connectivity index is 1.57. The predicted octanol–water partition coefficient (Wildman–Crippen LogP) is 3.98. The summed E-state index contributed by atoms with van der Waals surface area (Å²) in [6.07, 6.45) is 5.49. The van der Waals surface area contributed by atoms with Gasteiger partial charge in [0.2, 0.25) is 10.0 Å². The van der Waals surface area contributed by atoms with Gasteiger partial charge in [-0.05, 0) is 43.4 Å². The molecule has 2 aromatic rings. The molecule has 0 radical (unpaired) electrons. The lowest BCUT2D eigenvalue weighted by Gasteiger charge is -2.15. The van der Waals surface area contributed by atoms with Crippen molar-refractivity contribution in [2.75, 3.05) is 13.1 Å². The largest absolute Gasteiger partial charge is 0.249 e. The average molecular weight is 377 g/mol. The summed E-state index contributed by atoms with van der Waals surface area (Å²) >= 11 is 1.69. The molecular formula is C19H24N2O2S2. The lowest BCUT2D eigenvalue weighted by atomic mass is 10.1. The van der Waals surface area contributed by atoms with Crippen molar-refractivity contribution in [2.45, 2.75) is 47.8 Å². The molecule has 0 bridgehead atoms. The van der Waals surface area contributed by atoms with Gasteiger partial charge >= 0.3 is 0 Å². The van der Waals surface area contributed by atoms with E-state index in [1.165, 1.54) is 11.8 Å². The molecule has 0 spiro atoms. The van der Waals surface area contributed by atoms with E-state index in [1.807, 2.05) is 12.1 Å². The van der Waals surface area contributed by atoms with Gasteiger partial charge in [0, 0.05) is 24.5 Å². The molecule has 4 nitrogen and oxygen atoms in total. The second-order valence-electron chi connectivity index (χ2n) is 6.40. The minimum absolute atomic E-state index is 0.302. The van der Waals surface area contributed by atoms with Gasteiger partial charge in [0.15, 0.2) is 0 Å². The van der Waals surface area contributed by atoms with E-state index in [9.17, 15) is 8.42 Å². The molecular weight excluding hydrogens is 352 g/mol. The number of thioether (sulfide) groups is 1. The summed E-state index contributed by atoms with van der Waals surface area (Å²) in [7, 11) is -3.37. The summed E-state index contributed by atoms with van der Waals surface area (Å²) in [6.45, 7) is 3.43. The van der Waals surface area contributed by atoms with Gasteiger partial charge in [-0.15, -0.1) is 11.8 Å². The highest BCUT2D eigenvalue weighted by Gasteiger charge is 2.27. The van der Waals surface area contributed by atoms with Crippen LogP contribution in [0, 0.1) is 0 Å². The van der Waals surface area contributed by atoms with E-state index in [2.05, 4.69) is 36.2 Å². The number of aryl methyl sites for hydroxylation is 1. The Morgan fingerprint density at radius 1 is 1.12 bits per heavy atom. The zero-order valence-corrected chi connectivity index (χ0v) is 16.1. The fourth-order valence-electron chi connectivity index (χ4n) is 2.95. The second-order valence-corrected chi connectivity index (χ2v) is 9.79. The molecule has 2 heterocycles. The molecule has 1 unspecified atom stereocenters. The van der Waals surface area contributed by atoms with Crippen LogP contribution in [0.25, 0.3) is 0 Å². The molecule has 1 fully saturated rings. The molecule has 0 N–H and O–H groups in total. The average Bonchev–Trinajstić information content (AvgIpc) is 3.17. The van der Waals surface area contributed by atoms with Crippen molar-refractivity contribution < 1.29 is 8.42 Å². The number of rotatable bonds is 7. The molecule has 0 saturated carbocycles.